The molecule has 0 bridgehead atoms. The molecule has 0 spiro atoms. The average Bonchev–Trinajstić information content (AvgIpc) is 3.26. The molecular weight excluding hydrogens is 673 g/mol. The minimum Gasteiger partial charge on any atom is -0.0622 e. The number of hydrogen-bond acceptors (Lipinski definition) is 0. The van der Waals surface area contributed by atoms with Crippen molar-refractivity contribution in [2.45, 2.75) is 0 Å². The Hall–Kier alpha value is -7.28. The summed E-state index contributed by atoms with van der Waals surface area (Å²) in [5.74, 6) is 0. The maximum Gasteiger partial charge on any atom is -0.00199 e. The van der Waals surface area contributed by atoms with Gasteiger partial charge in [0.25, 0.3) is 0 Å². The van der Waals surface area contributed by atoms with Gasteiger partial charge < -0.3 is 0 Å². The van der Waals surface area contributed by atoms with E-state index in [1.807, 2.05) is 0 Å². The Labute approximate surface area is 323 Å². The minimum atomic E-state index is 1.21. The van der Waals surface area contributed by atoms with Crippen LogP contribution in [-0.2, 0) is 0 Å². The van der Waals surface area contributed by atoms with E-state index < -0.39 is 0 Å². The van der Waals surface area contributed by atoms with Gasteiger partial charge in [0.15, 0.2) is 0 Å². The molecule has 13 aromatic rings. The summed E-state index contributed by atoms with van der Waals surface area (Å²) in [5.41, 5.74) is 7.35. The van der Waals surface area contributed by atoms with Crippen LogP contribution in [0.5, 0.6) is 0 Å². The molecule has 0 radical (unpaired) electrons. The van der Waals surface area contributed by atoms with Crippen molar-refractivity contribution in [2.75, 3.05) is 0 Å². The van der Waals surface area contributed by atoms with Gasteiger partial charge in [-0.1, -0.05) is 164 Å². The lowest BCUT2D eigenvalue weighted by Gasteiger charge is -2.18. The van der Waals surface area contributed by atoms with Crippen LogP contribution in [0.25, 0.3) is 130 Å². The smallest absolute Gasteiger partial charge is 0.00199 e. The predicted molar refractivity (Wildman–Crippen MR) is 243 cm³/mol. The molecule has 0 heteroatoms. The monoisotopic (exact) mass is 704 g/mol. The van der Waals surface area contributed by atoms with E-state index in [1.54, 1.807) is 0 Å². The molecule has 0 nitrogen and oxygen atoms in total. The second-order valence-electron chi connectivity index (χ2n) is 15.6. The number of fused-ring (bicyclic) bond motifs is 2. The summed E-state index contributed by atoms with van der Waals surface area (Å²) in [7, 11) is 0. The van der Waals surface area contributed by atoms with Crippen LogP contribution in [0.15, 0.2) is 194 Å². The fourth-order valence-electron chi connectivity index (χ4n) is 10.2. The van der Waals surface area contributed by atoms with Crippen LogP contribution in [0.4, 0.5) is 0 Å². The number of rotatable bonds is 3. The van der Waals surface area contributed by atoms with E-state index in [1.165, 1.54) is 130 Å². The van der Waals surface area contributed by atoms with Crippen LogP contribution in [0.1, 0.15) is 0 Å². The Morgan fingerprint density at radius 1 is 0.179 bits per heavy atom. The normalized spacial score (nSPS) is 12.3. The van der Waals surface area contributed by atoms with Gasteiger partial charge >= 0.3 is 0 Å². The molecule has 0 atom stereocenters. The lowest BCUT2D eigenvalue weighted by atomic mass is 9.85. The first kappa shape index (κ1) is 30.1. The van der Waals surface area contributed by atoms with E-state index in [0.29, 0.717) is 0 Å². The first-order valence-corrected chi connectivity index (χ1v) is 19.6. The van der Waals surface area contributed by atoms with Crippen molar-refractivity contribution >= 4 is 97.0 Å². The third kappa shape index (κ3) is 4.13. The zero-order valence-electron chi connectivity index (χ0n) is 30.5. The molecule has 13 rings (SSSR count). The molecule has 0 heterocycles. The van der Waals surface area contributed by atoms with E-state index in [-0.39, 0.29) is 0 Å². The molecule has 0 aromatic heterocycles. The van der Waals surface area contributed by atoms with Gasteiger partial charge in [0, 0.05) is 0 Å². The van der Waals surface area contributed by atoms with Crippen molar-refractivity contribution in [1.29, 1.82) is 0 Å². The highest BCUT2D eigenvalue weighted by Gasteiger charge is 2.18. The summed E-state index contributed by atoms with van der Waals surface area (Å²) in [6.45, 7) is 0. The van der Waals surface area contributed by atoms with Crippen LogP contribution < -0.4 is 0 Å². The standard InChI is InChI=1S/C56H32/c1-2-8-33(9-3-1)41-29-42(31-44(30-41)45-26-24-39-21-18-34-10-4-11-35-25-27-49(45)52(39)51(34)35)43-28-40-23-22-38-13-6-16-47-46-15-5-12-36-19-20-37-14-7-17-48(55(37)53(36)46)50(32-43)56(40)54(38)47/h1-32H. The predicted octanol–water partition coefficient (Wildman–Crippen LogP) is 15.9. The fraction of sp³-hybridized carbons (Fsp3) is 0. The molecule has 56 heavy (non-hydrogen) atoms. The Kier molecular flexibility index (Phi) is 5.98. The molecule has 0 saturated heterocycles. The highest BCUT2D eigenvalue weighted by molar-refractivity contribution is 6.37. The van der Waals surface area contributed by atoms with Gasteiger partial charge in [0.1, 0.15) is 0 Å². The van der Waals surface area contributed by atoms with Gasteiger partial charge in [-0.25, -0.2) is 0 Å². The topological polar surface area (TPSA) is 0 Å². The SMILES string of the molecule is c1ccc(-c2cc(-c3cc4ccc5cccc6c7cccc8ccc9cccc(c(c3)c4c56)c9c87)cc(-c3ccc4ccc5cccc6ccc3c4c56)c2)cc1. The van der Waals surface area contributed by atoms with Crippen LogP contribution in [-0.4, -0.2) is 0 Å². The second kappa shape index (κ2) is 11.1. The quantitative estimate of drug-likeness (QED) is 0.161. The fourth-order valence-corrected chi connectivity index (χ4v) is 10.2. The second-order valence-corrected chi connectivity index (χ2v) is 15.6. The number of hydrogen-bond donors (Lipinski definition) is 0. The van der Waals surface area contributed by atoms with E-state index in [2.05, 4.69) is 194 Å². The van der Waals surface area contributed by atoms with Crippen LogP contribution in [0.2, 0.25) is 0 Å². The van der Waals surface area contributed by atoms with Gasteiger partial charge in [-0.05, 0) is 161 Å². The third-order valence-corrected chi connectivity index (χ3v) is 12.6. The molecular formula is C56H32. The molecule has 13 aromatic carbocycles. The van der Waals surface area contributed by atoms with Gasteiger partial charge in [-0.2, -0.15) is 0 Å². The largest absolute Gasteiger partial charge is 0.0622 e. The molecule has 0 saturated carbocycles. The summed E-state index contributed by atoms with van der Waals surface area (Å²) in [4.78, 5) is 0. The third-order valence-electron chi connectivity index (χ3n) is 12.6. The van der Waals surface area contributed by atoms with Gasteiger partial charge in [-0.3, -0.25) is 0 Å². The van der Waals surface area contributed by atoms with Crippen LogP contribution >= 0.6 is 0 Å². The minimum absolute atomic E-state index is 1.21. The molecule has 0 N–H and O–H groups in total. The van der Waals surface area contributed by atoms with Crippen LogP contribution in [0.3, 0.4) is 0 Å². The van der Waals surface area contributed by atoms with E-state index >= 15 is 0 Å². The van der Waals surface area contributed by atoms with Crippen molar-refractivity contribution in [2.24, 2.45) is 0 Å². The molecule has 256 valence electrons. The van der Waals surface area contributed by atoms with Gasteiger partial charge in [0.2, 0.25) is 0 Å². The average molecular weight is 705 g/mol. The van der Waals surface area contributed by atoms with Gasteiger partial charge in [-0.15, -0.1) is 0 Å². The summed E-state index contributed by atoms with van der Waals surface area (Å²) in [6.07, 6.45) is 0. The lowest BCUT2D eigenvalue weighted by Crippen LogP contribution is -1.91. The summed E-state index contributed by atoms with van der Waals surface area (Å²) in [5, 5.41) is 23.4. The summed E-state index contributed by atoms with van der Waals surface area (Å²) >= 11 is 0. The van der Waals surface area contributed by atoms with Gasteiger partial charge in [0.05, 0.1) is 0 Å². The molecule has 0 unspecified atom stereocenters. The molecule has 0 aliphatic heterocycles. The van der Waals surface area contributed by atoms with Crippen LogP contribution in [0, 0.1) is 0 Å². The summed E-state index contributed by atoms with van der Waals surface area (Å²) in [6, 6.07) is 73.2. The molecule has 0 aliphatic rings. The first-order chi connectivity index (χ1) is 27.7. The van der Waals surface area contributed by atoms with Crippen molar-refractivity contribution in [1.82, 2.24) is 0 Å². The highest BCUT2D eigenvalue weighted by Crippen LogP contribution is 2.46. The van der Waals surface area contributed by atoms with E-state index in [0.717, 1.165) is 0 Å². The Morgan fingerprint density at radius 2 is 0.589 bits per heavy atom. The van der Waals surface area contributed by atoms with E-state index in [9.17, 15) is 0 Å². The maximum atomic E-state index is 2.48. The van der Waals surface area contributed by atoms with Crippen molar-refractivity contribution in [3.8, 4) is 33.4 Å². The Bertz CT molecular complexity index is 3720. The zero-order valence-corrected chi connectivity index (χ0v) is 30.5. The highest BCUT2D eigenvalue weighted by atomic mass is 14.2. The molecule has 0 amide bonds. The zero-order chi connectivity index (χ0) is 36.5. The van der Waals surface area contributed by atoms with Crippen molar-refractivity contribution < 1.29 is 0 Å². The lowest BCUT2D eigenvalue weighted by molar-refractivity contribution is 1.59. The van der Waals surface area contributed by atoms with Crippen molar-refractivity contribution in [3.63, 3.8) is 0 Å². The Balaban J connectivity index is 1.16. The van der Waals surface area contributed by atoms with Crippen molar-refractivity contribution in [3.05, 3.63) is 194 Å². The first-order valence-electron chi connectivity index (χ1n) is 19.6. The summed E-state index contributed by atoms with van der Waals surface area (Å²) < 4.78 is 0. The van der Waals surface area contributed by atoms with E-state index in [4.69, 9.17) is 0 Å². The maximum absolute atomic E-state index is 2.48. The number of benzene rings is 12. The molecule has 0 aliphatic carbocycles. The Morgan fingerprint density at radius 3 is 1.21 bits per heavy atom. The molecule has 0 fully saturated rings.